The molecule has 4 heteroatoms. The molecular weight excluding hydrogens is 240 g/mol. The second-order valence-corrected chi connectivity index (χ2v) is 6.13. The molecule has 0 radical (unpaired) electrons. The summed E-state index contributed by atoms with van der Waals surface area (Å²) < 4.78 is 7.70. The minimum Gasteiger partial charge on any atom is -0.378 e. The molecule has 1 N–H and O–H groups in total. The zero-order valence-electron chi connectivity index (χ0n) is 11.7. The van der Waals surface area contributed by atoms with Gasteiger partial charge in [0.05, 0.1) is 5.60 Å². The number of rotatable bonds is 3. The average Bonchev–Trinajstić information content (AvgIpc) is 2.79. The van der Waals surface area contributed by atoms with Gasteiger partial charge in [-0.2, -0.15) is 0 Å². The third-order valence-corrected chi connectivity index (χ3v) is 4.21. The minimum atomic E-state index is 0.0889. The molecular formula is C15H22N2O2. The largest absolute Gasteiger partial charge is 0.378 e. The van der Waals surface area contributed by atoms with Gasteiger partial charge in [-0.15, -0.1) is 0 Å². The van der Waals surface area contributed by atoms with E-state index in [0.717, 1.165) is 32.3 Å². The molecule has 0 unspecified atom stereocenters. The number of pyridine rings is 1. The Kier molecular flexibility index (Phi) is 3.13. The summed E-state index contributed by atoms with van der Waals surface area (Å²) in [6.45, 7) is 4.97. The lowest BCUT2D eigenvalue weighted by molar-refractivity contribution is -0.0858. The van der Waals surface area contributed by atoms with Crippen LogP contribution in [0.1, 0.15) is 45.6 Å². The Morgan fingerprint density at radius 1 is 1.47 bits per heavy atom. The molecule has 1 aromatic rings. The molecule has 4 nitrogen and oxygen atoms in total. The van der Waals surface area contributed by atoms with Gasteiger partial charge in [-0.3, -0.25) is 4.79 Å². The molecule has 2 heterocycles. The zero-order valence-corrected chi connectivity index (χ0v) is 11.7. The molecule has 1 saturated heterocycles. The summed E-state index contributed by atoms with van der Waals surface area (Å²) in [6.07, 6.45) is 6.19. The predicted molar refractivity (Wildman–Crippen MR) is 75.6 cm³/mol. The van der Waals surface area contributed by atoms with Gasteiger partial charge in [0.1, 0.15) is 5.69 Å². The lowest BCUT2D eigenvalue weighted by atomic mass is 9.74. The van der Waals surface area contributed by atoms with Crippen molar-refractivity contribution >= 4 is 5.69 Å². The molecule has 19 heavy (non-hydrogen) atoms. The van der Waals surface area contributed by atoms with Crippen molar-refractivity contribution in [2.45, 2.75) is 57.2 Å². The van der Waals surface area contributed by atoms with E-state index < -0.39 is 0 Å². The van der Waals surface area contributed by atoms with Gasteiger partial charge >= 0.3 is 0 Å². The van der Waals surface area contributed by atoms with Gasteiger partial charge in [0.2, 0.25) is 0 Å². The van der Waals surface area contributed by atoms with Crippen LogP contribution in [0.15, 0.2) is 23.1 Å². The average molecular weight is 262 g/mol. The highest BCUT2D eigenvalue weighted by Crippen LogP contribution is 2.49. The molecule has 1 aliphatic heterocycles. The van der Waals surface area contributed by atoms with Crippen LogP contribution in [0.25, 0.3) is 0 Å². The van der Waals surface area contributed by atoms with E-state index in [2.05, 4.69) is 5.32 Å². The topological polar surface area (TPSA) is 43.3 Å². The summed E-state index contributed by atoms with van der Waals surface area (Å²) in [7, 11) is 0. The van der Waals surface area contributed by atoms with Gasteiger partial charge in [0.15, 0.2) is 0 Å². The van der Waals surface area contributed by atoms with Gasteiger partial charge in [0, 0.05) is 24.9 Å². The summed E-state index contributed by atoms with van der Waals surface area (Å²) in [5, 5.41) is 3.21. The van der Waals surface area contributed by atoms with E-state index in [1.807, 2.05) is 36.7 Å². The first-order valence-electron chi connectivity index (χ1n) is 7.21. The van der Waals surface area contributed by atoms with Crippen molar-refractivity contribution in [2.75, 3.05) is 11.9 Å². The second-order valence-electron chi connectivity index (χ2n) is 6.13. The smallest absolute Gasteiger partial charge is 0.274 e. The van der Waals surface area contributed by atoms with E-state index in [9.17, 15) is 4.79 Å². The van der Waals surface area contributed by atoms with Crippen molar-refractivity contribution in [1.29, 1.82) is 0 Å². The van der Waals surface area contributed by atoms with E-state index >= 15 is 0 Å². The van der Waals surface area contributed by atoms with E-state index in [0.29, 0.717) is 11.7 Å². The van der Waals surface area contributed by atoms with Crippen molar-refractivity contribution in [1.82, 2.24) is 4.57 Å². The second kappa shape index (κ2) is 4.67. The number of hydrogen-bond donors (Lipinski definition) is 1. The summed E-state index contributed by atoms with van der Waals surface area (Å²) in [6, 6.07) is 4.39. The third kappa shape index (κ3) is 2.29. The fraction of sp³-hybridized carbons (Fsp3) is 0.667. The molecule has 1 spiro atoms. The fourth-order valence-electron chi connectivity index (χ4n) is 3.29. The number of anilines is 1. The molecule has 1 aromatic heterocycles. The van der Waals surface area contributed by atoms with E-state index in [1.54, 1.807) is 0 Å². The molecule has 1 saturated carbocycles. The quantitative estimate of drug-likeness (QED) is 0.910. The standard InChI is InChI=1S/C15H22N2O2/c1-11(2)16-13-5-3-7-17(14(13)18)12-9-15(10-12)6-4-8-19-15/h3,5,7,11-12,16H,4,6,8-10H2,1-2H3. The number of hydrogen-bond acceptors (Lipinski definition) is 3. The number of aromatic nitrogens is 1. The maximum Gasteiger partial charge on any atom is 0.274 e. The van der Waals surface area contributed by atoms with Crippen molar-refractivity contribution < 1.29 is 4.74 Å². The van der Waals surface area contributed by atoms with Crippen LogP contribution in [0.3, 0.4) is 0 Å². The number of nitrogens with zero attached hydrogens (tertiary/aromatic N) is 1. The van der Waals surface area contributed by atoms with Crippen LogP contribution in [0.5, 0.6) is 0 Å². The molecule has 0 atom stereocenters. The molecule has 2 aliphatic rings. The SMILES string of the molecule is CC(C)Nc1cccn(C2CC3(CCCO3)C2)c1=O. The highest BCUT2D eigenvalue weighted by molar-refractivity contribution is 5.41. The van der Waals surface area contributed by atoms with Crippen LogP contribution in [0.2, 0.25) is 0 Å². The van der Waals surface area contributed by atoms with Crippen molar-refractivity contribution in [3.8, 4) is 0 Å². The van der Waals surface area contributed by atoms with Crippen LogP contribution >= 0.6 is 0 Å². The summed E-state index contributed by atoms with van der Waals surface area (Å²) in [5.74, 6) is 0. The summed E-state index contributed by atoms with van der Waals surface area (Å²) in [5.41, 5.74) is 0.880. The maximum absolute atomic E-state index is 12.4. The van der Waals surface area contributed by atoms with Gasteiger partial charge in [-0.05, 0) is 51.7 Å². The van der Waals surface area contributed by atoms with E-state index in [-0.39, 0.29) is 17.2 Å². The first kappa shape index (κ1) is 12.7. The highest BCUT2D eigenvalue weighted by atomic mass is 16.5. The van der Waals surface area contributed by atoms with E-state index in [1.165, 1.54) is 0 Å². The van der Waals surface area contributed by atoms with Crippen LogP contribution in [-0.2, 0) is 4.74 Å². The van der Waals surface area contributed by atoms with Gasteiger partial charge in [0.25, 0.3) is 5.56 Å². The first-order valence-corrected chi connectivity index (χ1v) is 7.21. The molecule has 104 valence electrons. The molecule has 0 amide bonds. The lowest BCUT2D eigenvalue weighted by Crippen LogP contribution is -2.46. The Morgan fingerprint density at radius 2 is 2.26 bits per heavy atom. The van der Waals surface area contributed by atoms with Crippen molar-refractivity contribution in [3.05, 3.63) is 28.7 Å². The van der Waals surface area contributed by atoms with Crippen LogP contribution in [-0.4, -0.2) is 22.8 Å². The normalized spacial score (nSPS) is 29.7. The zero-order chi connectivity index (χ0) is 13.5. The Labute approximate surface area is 113 Å². The number of ether oxygens (including phenoxy) is 1. The van der Waals surface area contributed by atoms with Crippen molar-refractivity contribution in [2.24, 2.45) is 0 Å². The highest BCUT2D eigenvalue weighted by Gasteiger charge is 2.48. The van der Waals surface area contributed by atoms with Crippen LogP contribution in [0.4, 0.5) is 5.69 Å². The van der Waals surface area contributed by atoms with Crippen LogP contribution in [0, 0.1) is 0 Å². The predicted octanol–water partition coefficient (Wildman–Crippen LogP) is 2.55. The molecule has 0 aromatic carbocycles. The summed E-state index contributed by atoms with van der Waals surface area (Å²) in [4.78, 5) is 12.4. The first-order chi connectivity index (χ1) is 9.10. The lowest BCUT2D eigenvalue weighted by Gasteiger charge is -2.45. The van der Waals surface area contributed by atoms with Gasteiger partial charge in [-0.1, -0.05) is 0 Å². The Balaban J connectivity index is 1.77. The monoisotopic (exact) mass is 262 g/mol. The number of nitrogens with one attached hydrogen (secondary N) is 1. The van der Waals surface area contributed by atoms with Crippen molar-refractivity contribution in [3.63, 3.8) is 0 Å². The molecule has 2 fully saturated rings. The molecule has 0 bridgehead atoms. The Bertz CT molecular complexity index is 507. The Morgan fingerprint density at radius 3 is 2.89 bits per heavy atom. The maximum atomic E-state index is 12.4. The van der Waals surface area contributed by atoms with Crippen LogP contribution < -0.4 is 10.9 Å². The Hall–Kier alpha value is -1.29. The van der Waals surface area contributed by atoms with Gasteiger partial charge in [-0.25, -0.2) is 0 Å². The summed E-state index contributed by atoms with van der Waals surface area (Å²) >= 11 is 0. The van der Waals surface area contributed by atoms with Gasteiger partial charge < -0.3 is 14.6 Å². The third-order valence-electron chi connectivity index (χ3n) is 4.21. The minimum absolute atomic E-state index is 0.0889. The fourth-order valence-corrected chi connectivity index (χ4v) is 3.29. The molecule has 3 rings (SSSR count). The molecule has 1 aliphatic carbocycles. The van der Waals surface area contributed by atoms with E-state index in [4.69, 9.17) is 4.74 Å².